The van der Waals surface area contributed by atoms with Crippen molar-refractivity contribution in [3.05, 3.63) is 0 Å². The molecule has 16 heteroatoms. The zero-order valence-corrected chi connectivity index (χ0v) is 30.5. The van der Waals surface area contributed by atoms with E-state index in [-0.39, 0.29) is 24.0 Å². The first-order chi connectivity index (χ1) is 24.0. The molecule has 0 saturated carbocycles. The molecule has 2 N–H and O–H groups in total. The van der Waals surface area contributed by atoms with E-state index < -0.39 is 6.04 Å². The molecule has 292 valence electrons. The summed E-state index contributed by atoms with van der Waals surface area (Å²) in [6.07, 6.45) is 0.116. The number of methoxy groups -OCH3 is 1. The molecule has 0 aromatic carbocycles. The predicted molar refractivity (Wildman–Crippen MR) is 181 cm³/mol. The van der Waals surface area contributed by atoms with E-state index in [1.54, 1.807) is 14.2 Å². The zero-order chi connectivity index (χ0) is 35.9. The van der Waals surface area contributed by atoms with Gasteiger partial charge in [0.25, 0.3) is 0 Å². The molecule has 0 unspecified atom stereocenters. The number of carbonyl (C=O) groups excluding carboxylic acids is 2. The summed E-state index contributed by atoms with van der Waals surface area (Å²) in [6, 6.07) is -0.470. The lowest BCUT2D eigenvalue weighted by molar-refractivity contribution is -0.128. The fourth-order valence-electron chi connectivity index (χ4n) is 3.71. The topological polar surface area (TPSA) is 169 Å². The molecule has 0 aliphatic rings. The Balaban J connectivity index is 3.18. The standard InChI is InChI=1S/C33H66N2O14/c1-30(2)33(37)31(34-3)29-32(36)35-5-6-39-9-10-41-13-14-43-17-18-45-21-22-47-25-26-49-28-27-48-24-23-46-20-19-44-16-15-42-12-11-40-8-7-38-4/h30-31,34H,5-29H2,1-4H3,(H,35,36)/t31-/m1/s1. The largest absolute Gasteiger partial charge is 0.382 e. The van der Waals surface area contributed by atoms with Crippen molar-refractivity contribution in [1.29, 1.82) is 0 Å². The van der Waals surface area contributed by atoms with Crippen LogP contribution >= 0.6 is 0 Å². The molecule has 0 radical (unpaired) electrons. The van der Waals surface area contributed by atoms with Crippen molar-refractivity contribution in [3.63, 3.8) is 0 Å². The van der Waals surface area contributed by atoms with Crippen LogP contribution in [0, 0.1) is 5.92 Å². The van der Waals surface area contributed by atoms with Crippen molar-refractivity contribution in [1.82, 2.24) is 10.6 Å². The van der Waals surface area contributed by atoms with Crippen LogP contribution in [0.15, 0.2) is 0 Å². The van der Waals surface area contributed by atoms with E-state index >= 15 is 0 Å². The molecule has 16 nitrogen and oxygen atoms in total. The molecule has 0 aromatic heterocycles. The molecule has 0 aliphatic carbocycles. The summed E-state index contributed by atoms with van der Waals surface area (Å²) in [5, 5.41) is 5.66. The molecule has 1 atom stereocenters. The fraction of sp³-hybridized carbons (Fsp3) is 0.939. The van der Waals surface area contributed by atoms with E-state index in [1.807, 2.05) is 13.8 Å². The third-order valence-electron chi connectivity index (χ3n) is 6.37. The lowest BCUT2D eigenvalue weighted by Crippen LogP contribution is -2.41. The number of hydrogen-bond acceptors (Lipinski definition) is 15. The molecule has 0 aromatic rings. The number of Topliss-reactive ketones (excluding diaryl/α,β-unsaturated/α-hetero) is 1. The maximum atomic E-state index is 12.0. The molecule has 1 amide bonds. The van der Waals surface area contributed by atoms with Crippen molar-refractivity contribution in [3.8, 4) is 0 Å². The number of rotatable bonds is 41. The number of carbonyl (C=O) groups is 2. The number of amides is 1. The normalized spacial score (nSPS) is 12.2. The minimum Gasteiger partial charge on any atom is -0.382 e. The quantitative estimate of drug-likeness (QED) is 0.0820. The minimum atomic E-state index is -0.470. The molecule has 0 heterocycles. The molecular formula is C33H66N2O14. The number of hydrogen-bond donors (Lipinski definition) is 2. The molecule has 0 rings (SSSR count). The van der Waals surface area contributed by atoms with Crippen LogP contribution in [-0.2, 0) is 66.4 Å². The van der Waals surface area contributed by atoms with Gasteiger partial charge in [-0.25, -0.2) is 0 Å². The summed E-state index contributed by atoms with van der Waals surface area (Å²) in [7, 11) is 3.32. The molecular weight excluding hydrogens is 648 g/mol. The summed E-state index contributed by atoms with van der Waals surface area (Å²) in [6.45, 7) is 15.4. The summed E-state index contributed by atoms with van der Waals surface area (Å²) < 4.78 is 64.7. The zero-order valence-electron chi connectivity index (χ0n) is 30.5. The summed E-state index contributed by atoms with van der Waals surface area (Å²) >= 11 is 0. The first kappa shape index (κ1) is 47.6. The average molecular weight is 715 g/mol. The van der Waals surface area contributed by atoms with Gasteiger partial charge in [0, 0.05) is 26.0 Å². The second-order valence-electron chi connectivity index (χ2n) is 10.7. The number of ketones is 1. The second kappa shape index (κ2) is 39.4. The van der Waals surface area contributed by atoms with Crippen molar-refractivity contribution in [2.75, 3.05) is 173 Å². The molecule has 0 bridgehead atoms. The van der Waals surface area contributed by atoms with Crippen LogP contribution in [0.25, 0.3) is 0 Å². The third-order valence-corrected chi connectivity index (χ3v) is 6.37. The highest BCUT2D eigenvalue weighted by Crippen LogP contribution is 2.03. The van der Waals surface area contributed by atoms with Crippen molar-refractivity contribution >= 4 is 11.7 Å². The summed E-state index contributed by atoms with van der Waals surface area (Å²) in [5.41, 5.74) is 0. The Bertz CT molecular complexity index is 708. The molecule has 49 heavy (non-hydrogen) atoms. The fourth-order valence-corrected chi connectivity index (χ4v) is 3.71. The van der Waals surface area contributed by atoms with Gasteiger partial charge in [-0.15, -0.1) is 0 Å². The lowest BCUT2D eigenvalue weighted by atomic mass is 9.99. The van der Waals surface area contributed by atoms with Gasteiger partial charge < -0.3 is 67.5 Å². The Morgan fingerprint density at radius 1 is 0.449 bits per heavy atom. The van der Waals surface area contributed by atoms with Crippen molar-refractivity contribution < 1.29 is 66.4 Å². The third kappa shape index (κ3) is 36.2. The van der Waals surface area contributed by atoms with Gasteiger partial charge in [0.05, 0.1) is 158 Å². The number of nitrogens with one attached hydrogen (secondary N) is 2. The molecule has 0 spiro atoms. The maximum absolute atomic E-state index is 12.0. The van der Waals surface area contributed by atoms with Gasteiger partial charge in [0.1, 0.15) is 0 Å². The van der Waals surface area contributed by atoms with Gasteiger partial charge in [-0.1, -0.05) is 13.8 Å². The highest BCUT2D eigenvalue weighted by molar-refractivity contribution is 5.90. The van der Waals surface area contributed by atoms with Crippen LogP contribution in [0.2, 0.25) is 0 Å². The summed E-state index contributed by atoms with van der Waals surface area (Å²) in [5.74, 6) is -0.278. The highest BCUT2D eigenvalue weighted by atomic mass is 16.6. The van der Waals surface area contributed by atoms with E-state index in [1.165, 1.54) is 0 Å². The Labute approximate surface area is 293 Å². The second-order valence-corrected chi connectivity index (χ2v) is 10.7. The molecule has 0 aliphatic heterocycles. The highest BCUT2D eigenvalue weighted by Gasteiger charge is 2.22. The monoisotopic (exact) mass is 714 g/mol. The Morgan fingerprint density at radius 3 is 0.959 bits per heavy atom. The Kier molecular flexibility index (Phi) is 38.3. The van der Waals surface area contributed by atoms with Gasteiger partial charge >= 0.3 is 0 Å². The number of ether oxygens (including phenoxy) is 12. The van der Waals surface area contributed by atoms with Crippen LogP contribution in [0.4, 0.5) is 0 Å². The van der Waals surface area contributed by atoms with Crippen LogP contribution in [0.3, 0.4) is 0 Å². The van der Waals surface area contributed by atoms with Crippen LogP contribution < -0.4 is 10.6 Å². The Hall–Kier alpha value is -1.38. The van der Waals surface area contributed by atoms with Crippen LogP contribution in [0.1, 0.15) is 20.3 Å². The van der Waals surface area contributed by atoms with Gasteiger partial charge in [0.2, 0.25) is 5.91 Å². The van der Waals surface area contributed by atoms with Gasteiger partial charge in [-0.3, -0.25) is 9.59 Å². The SMILES string of the molecule is CN[C@H](CC(=O)NCCOCCOCCOCCOCCOCCOCCOCCOCCOCCOCCOCCOC)C(=O)C(C)C. The molecule has 0 fully saturated rings. The van der Waals surface area contributed by atoms with Crippen molar-refractivity contribution in [2.45, 2.75) is 26.3 Å². The number of likely N-dealkylation sites (N-methyl/N-ethyl adjacent to an activating group) is 1. The minimum absolute atomic E-state index is 0.0252. The summed E-state index contributed by atoms with van der Waals surface area (Å²) in [4.78, 5) is 24.0. The van der Waals surface area contributed by atoms with E-state index in [9.17, 15) is 9.59 Å². The predicted octanol–water partition coefficient (Wildman–Crippen LogP) is 0.135. The average Bonchev–Trinajstić information content (AvgIpc) is 3.10. The Morgan fingerprint density at radius 2 is 0.714 bits per heavy atom. The van der Waals surface area contributed by atoms with E-state index in [2.05, 4.69) is 10.6 Å². The first-order valence-electron chi connectivity index (χ1n) is 17.3. The lowest BCUT2D eigenvalue weighted by Gasteiger charge is -2.16. The maximum Gasteiger partial charge on any atom is 0.222 e. The van der Waals surface area contributed by atoms with Gasteiger partial charge in [0.15, 0.2) is 5.78 Å². The van der Waals surface area contributed by atoms with Crippen LogP contribution in [0.5, 0.6) is 0 Å². The van der Waals surface area contributed by atoms with E-state index in [4.69, 9.17) is 56.8 Å². The van der Waals surface area contributed by atoms with Crippen LogP contribution in [-0.4, -0.2) is 190 Å². The molecule has 0 saturated heterocycles. The van der Waals surface area contributed by atoms with E-state index in [0.29, 0.717) is 159 Å². The first-order valence-corrected chi connectivity index (χ1v) is 17.3. The van der Waals surface area contributed by atoms with Gasteiger partial charge in [-0.2, -0.15) is 0 Å². The van der Waals surface area contributed by atoms with E-state index in [0.717, 1.165) is 0 Å². The van der Waals surface area contributed by atoms with Gasteiger partial charge in [-0.05, 0) is 7.05 Å². The smallest absolute Gasteiger partial charge is 0.222 e. The van der Waals surface area contributed by atoms with Crippen molar-refractivity contribution in [2.24, 2.45) is 5.92 Å².